The second-order valence-corrected chi connectivity index (χ2v) is 4.66. The van der Waals surface area contributed by atoms with E-state index >= 15 is 0 Å². The minimum absolute atomic E-state index is 0.263. The number of amides is 1. The number of fused-ring (bicyclic) bond motifs is 1. The minimum atomic E-state index is -1.17. The summed E-state index contributed by atoms with van der Waals surface area (Å²) in [5.74, 6) is 0.445. The maximum atomic E-state index is 10.6. The fourth-order valence-corrected chi connectivity index (χ4v) is 2.23. The van der Waals surface area contributed by atoms with Gasteiger partial charge >= 0.3 is 6.09 Å². The van der Waals surface area contributed by atoms with Gasteiger partial charge in [-0.2, -0.15) is 0 Å². The van der Waals surface area contributed by atoms with Crippen LogP contribution in [0.2, 0.25) is 0 Å². The summed E-state index contributed by atoms with van der Waals surface area (Å²) in [6.07, 6.45) is -1.17. The molecule has 1 heterocycles. The summed E-state index contributed by atoms with van der Waals surface area (Å²) >= 11 is 0. The van der Waals surface area contributed by atoms with Crippen molar-refractivity contribution in [1.29, 1.82) is 0 Å². The van der Waals surface area contributed by atoms with E-state index in [1.807, 2.05) is 54.6 Å². The number of nitrogens with zero attached hydrogens (tertiary/aromatic N) is 2. The number of nitrogens with one attached hydrogen (secondary N) is 2. The number of amidine groups is 1. The van der Waals surface area contributed by atoms with Crippen LogP contribution in [-0.4, -0.2) is 29.3 Å². The van der Waals surface area contributed by atoms with Crippen LogP contribution >= 0.6 is 0 Å². The smallest absolute Gasteiger partial charge is 0.423 e. The molecule has 1 aliphatic rings. The Labute approximate surface area is 127 Å². The molecule has 0 aliphatic carbocycles. The number of rotatable bonds is 1. The molecule has 0 saturated heterocycles. The number of carboxylic acid groups (broad SMARTS) is 1. The van der Waals surface area contributed by atoms with Gasteiger partial charge < -0.3 is 5.11 Å². The Hall–Kier alpha value is -3.15. The van der Waals surface area contributed by atoms with Gasteiger partial charge in [-0.25, -0.2) is 15.2 Å². The lowest BCUT2D eigenvalue weighted by Gasteiger charge is -2.07. The SMILES string of the molecule is O=C(O)NNC1=Nc2ccccc2C(c2ccccc2)=NC1. The van der Waals surface area contributed by atoms with Gasteiger partial charge in [0, 0.05) is 11.1 Å². The first-order valence-corrected chi connectivity index (χ1v) is 6.76. The van der Waals surface area contributed by atoms with Crippen molar-refractivity contribution in [3.63, 3.8) is 0 Å². The number of hydrogen-bond acceptors (Lipinski definition) is 4. The average molecular weight is 294 g/mol. The molecule has 0 spiro atoms. The van der Waals surface area contributed by atoms with Crippen LogP contribution in [0.5, 0.6) is 0 Å². The van der Waals surface area contributed by atoms with Crippen molar-refractivity contribution < 1.29 is 9.90 Å². The van der Waals surface area contributed by atoms with Gasteiger partial charge in [0.1, 0.15) is 5.84 Å². The normalized spacial score (nSPS) is 13.3. The maximum absolute atomic E-state index is 10.6. The van der Waals surface area contributed by atoms with Crippen molar-refractivity contribution >= 4 is 23.3 Å². The largest absolute Gasteiger partial charge is 0.464 e. The topological polar surface area (TPSA) is 86.1 Å². The molecule has 22 heavy (non-hydrogen) atoms. The molecule has 0 fully saturated rings. The summed E-state index contributed by atoms with van der Waals surface area (Å²) in [5, 5.41) is 8.68. The van der Waals surface area contributed by atoms with Crippen molar-refractivity contribution in [3.8, 4) is 0 Å². The van der Waals surface area contributed by atoms with Gasteiger partial charge in [-0.05, 0) is 6.07 Å². The molecule has 6 nitrogen and oxygen atoms in total. The highest BCUT2D eigenvalue weighted by atomic mass is 16.4. The molecule has 3 rings (SSSR count). The fraction of sp³-hybridized carbons (Fsp3) is 0.0625. The van der Waals surface area contributed by atoms with E-state index in [9.17, 15) is 4.79 Å². The third-order valence-electron chi connectivity index (χ3n) is 3.16. The van der Waals surface area contributed by atoms with Crippen LogP contribution < -0.4 is 10.9 Å². The molecule has 6 heteroatoms. The summed E-state index contributed by atoms with van der Waals surface area (Å²) < 4.78 is 0. The van der Waals surface area contributed by atoms with Gasteiger partial charge in [-0.3, -0.25) is 10.4 Å². The van der Waals surface area contributed by atoms with E-state index in [0.29, 0.717) is 5.84 Å². The molecule has 3 N–H and O–H groups in total. The zero-order valence-electron chi connectivity index (χ0n) is 11.7. The lowest BCUT2D eigenvalue weighted by Crippen LogP contribution is -2.41. The van der Waals surface area contributed by atoms with Crippen molar-refractivity contribution in [2.45, 2.75) is 0 Å². The number of hydrogen-bond donors (Lipinski definition) is 3. The third kappa shape index (κ3) is 2.95. The second kappa shape index (κ2) is 6.09. The number of aliphatic imine (C=N–C) groups is 2. The van der Waals surface area contributed by atoms with E-state index in [1.54, 1.807) is 0 Å². The molecule has 0 atom stereocenters. The predicted octanol–water partition coefficient (Wildman–Crippen LogP) is 2.34. The van der Waals surface area contributed by atoms with Crippen LogP contribution in [0.4, 0.5) is 10.5 Å². The third-order valence-corrected chi connectivity index (χ3v) is 3.16. The van der Waals surface area contributed by atoms with Crippen LogP contribution in [0.15, 0.2) is 64.6 Å². The van der Waals surface area contributed by atoms with Gasteiger partial charge in [0.15, 0.2) is 0 Å². The Kier molecular flexibility index (Phi) is 3.82. The van der Waals surface area contributed by atoms with E-state index in [4.69, 9.17) is 5.11 Å². The van der Waals surface area contributed by atoms with Gasteiger partial charge in [0.25, 0.3) is 0 Å². The molecule has 0 saturated carbocycles. The highest BCUT2D eigenvalue weighted by Crippen LogP contribution is 2.24. The molecule has 1 amide bonds. The lowest BCUT2D eigenvalue weighted by molar-refractivity contribution is 0.192. The van der Waals surface area contributed by atoms with Gasteiger partial charge in [0.2, 0.25) is 0 Å². The second-order valence-electron chi connectivity index (χ2n) is 4.66. The van der Waals surface area contributed by atoms with E-state index in [0.717, 1.165) is 22.5 Å². The van der Waals surface area contributed by atoms with Crippen molar-refractivity contribution in [2.24, 2.45) is 9.98 Å². The van der Waals surface area contributed by atoms with Crippen LogP contribution in [-0.2, 0) is 0 Å². The number of benzene rings is 2. The predicted molar refractivity (Wildman–Crippen MR) is 84.8 cm³/mol. The monoisotopic (exact) mass is 294 g/mol. The first-order valence-electron chi connectivity index (χ1n) is 6.76. The molecular weight excluding hydrogens is 280 g/mol. The zero-order chi connectivity index (χ0) is 15.4. The molecule has 0 aromatic heterocycles. The average Bonchev–Trinajstić information content (AvgIpc) is 2.73. The number of para-hydroxylation sites is 1. The highest BCUT2D eigenvalue weighted by molar-refractivity contribution is 6.17. The maximum Gasteiger partial charge on any atom is 0.423 e. The Balaban J connectivity index is 2.00. The van der Waals surface area contributed by atoms with Crippen LogP contribution in [0.3, 0.4) is 0 Å². The summed E-state index contributed by atoms with van der Waals surface area (Å²) in [5.41, 5.74) is 8.16. The minimum Gasteiger partial charge on any atom is -0.464 e. The molecule has 2 aromatic carbocycles. The van der Waals surface area contributed by atoms with Gasteiger partial charge in [-0.15, -0.1) is 0 Å². The lowest BCUT2D eigenvalue weighted by atomic mass is 10.0. The van der Waals surface area contributed by atoms with Crippen molar-refractivity contribution in [2.75, 3.05) is 6.54 Å². The molecule has 0 unspecified atom stereocenters. The van der Waals surface area contributed by atoms with E-state index in [1.165, 1.54) is 0 Å². The Bertz CT molecular complexity index is 754. The molecule has 1 aliphatic heterocycles. The first kappa shape index (κ1) is 13.8. The van der Waals surface area contributed by atoms with Crippen LogP contribution in [0.1, 0.15) is 11.1 Å². The van der Waals surface area contributed by atoms with E-state index < -0.39 is 6.09 Å². The number of carbonyl (C=O) groups is 1. The first-order chi connectivity index (χ1) is 10.7. The summed E-state index contributed by atoms with van der Waals surface area (Å²) in [6.45, 7) is 0.263. The summed E-state index contributed by atoms with van der Waals surface area (Å²) in [6, 6.07) is 17.5. The molecular formula is C16H14N4O2. The fourth-order valence-electron chi connectivity index (χ4n) is 2.23. The Morgan fingerprint density at radius 3 is 2.55 bits per heavy atom. The standard InChI is InChI=1S/C16H14N4O2/c21-16(22)20-19-14-10-17-15(11-6-2-1-3-7-11)12-8-4-5-9-13(12)18-14/h1-9,20H,10H2,(H,18,19)(H,21,22). The molecule has 110 valence electrons. The van der Waals surface area contributed by atoms with E-state index in [2.05, 4.69) is 20.8 Å². The molecule has 0 radical (unpaired) electrons. The molecule has 0 bridgehead atoms. The van der Waals surface area contributed by atoms with Gasteiger partial charge in [-0.1, -0.05) is 48.5 Å². The Morgan fingerprint density at radius 2 is 1.77 bits per heavy atom. The quantitative estimate of drug-likeness (QED) is 0.706. The summed E-state index contributed by atoms with van der Waals surface area (Å²) in [7, 11) is 0. The number of hydrazine groups is 1. The highest BCUT2D eigenvalue weighted by Gasteiger charge is 2.15. The van der Waals surface area contributed by atoms with Crippen molar-refractivity contribution in [3.05, 3.63) is 65.7 Å². The van der Waals surface area contributed by atoms with Crippen LogP contribution in [0, 0.1) is 0 Å². The Morgan fingerprint density at radius 1 is 1.05 bits per heavy atom. The van der Waals surface area contributed by atoms with Crippen LogP contribution in [0.25, 0.3) is 0 Å². The van der Waals surface area contributed by atoms with E-state index in [-0.39, 0.29) is 6.54 Å². The van der Waals surface area contributed by atoms with Gasteiger partial charge in [0.05, 0.1) is 17.9 Å². The molecule has 2 aromatic rings. The zero-order valence-corrected chi connectivity index (χ0v) is 11.7. The van der Waals surface area contributed by atoms with Crippen molar-refractivity contribution in [1.82, 2.24) is 10.9 Å². The summed E-state index contributed by atoms with van der Waals surface area (Å²) in [4.78, 5) is 19.6.